The van der Waals surface area contributed by atoms with Crippen molar-refractivity contribution in [1.82, 2.24) is 9.97 Å². The van der Waals surface area contributed by atoms with Gasteiger partial charge >= 0.3 is 0 Å². The highest BCUT2D eigenvalue weighted by Crippen LogP contribution is 2.30. The molecule has 1 fully saturated rings. The van der Waals surface area contributed by atoms with Gasteiger partial charge in [-0.3, -0.25) is 0 Å². The van der Waals surface area contributed by atoms with Gasteiger partial charge in [-0.1, -0.05) is 33.1 Å². The van der Waals surface area contributed by atoms with Gasteiger partial charge in [-0.25, -0.2) is 4.98 Å². The summed E-state index contributed by atoms with van der Waals surface area (Å²) in [6.45, 7) is 5.06. The van der Waals surface area contributed by atoms with Crippen molar-refractivity contribution < 1.29 is 4.74 Å². The number of ether oxygens (including phenoxy) is 1. The van der Waals surface area contributed by atoms with E-state index in [0.717, 1.165) is 12.8 Å². The van der Waals surface area contributed by atoms with Gasteiger partial charge in [-0.15, -0.1) is 0 Å². The van der Waals surface area contributed by atoms with E-state index in [0.29, 0.717) is 36.0 Å². The van der Waals surface area contributed by atoms with Crippen LogP contribution in [-0.2, 0) is 0 Å². The van der Waals surface area contributed by atoms with Gasteiger partial charge in [0.25, 0.3) is 0 Å². The van der Waals surface area contributed by atoms with Crippen molar-refractivity contribution in [2.75, 3.05) is 17.7 Å². The van der Waals surface area contributed by atoms with Crippen LogP contribution in [0.4, 0.5) is 11.5 Å². The highest BCUT2D eigenvalue weighted by Gasteiger charge is 2.22. The molecule has 3 N–H and O–H groups in total. The topological polar surface area (TPSA) is 73.1 Å². The summed E-state index contributed by atoms with van der Waals surface area (Å²) in [5.74, 6) is 1.87. The maximum atomic E-state index is 6.12. The minimum Gasteiger partial charge on any atom is -0.476 e. The molecule has 0 radical (unpaired) electrons. The van der Waals surface area contributed by atoms with E-state index in [2.05, 4.69) is 29.1 Å². The highest BCUT2D eigenvalue weighted by molar-refractivity contribution is 5.66. The molecule has 2 rings (SSSR count). The Balaban J connectivity index is 2.02. The fourth-order valence-electron chi connectivity index (χ4n) is 2.63. The normalized spacial score (nSPS) is 22.5. The van der Waals surface area contributed by atoms with Crippen LogP contribution in [0.1, 0.15) is 52.4 Å². The summed E-state index contributed by atoms with van der Waals surface area (Å²) in [7, 11) is 0. The predicted octanol–water partition coefficient (Wildman–Crippen LogP) is 3.23. The largest absolute Gasteiger partial charge is 0.476 e. The zero-order valence-electron chi connectivity index (χ0n) is 12.6. The third-order valence-electron chi connectivity index (χ3n) is 4.02. The predicted molar refractivity (Wildman–Crippen MR) is 81.9 cm³/mol. The molecular weight excluding hydrogens is 252 g/mol. The summed E-state index contributed by atoms with van der Waals surface area (Å²) < 4.78 is 5.62. The number of nitrogens with zero attached hydrogens (tertiary/aromatic N) is 2. The fraction of sp³-hybridized carbons (Fsp3) is 0.733. The van der Waals surface area contributed by atoms with Crippen molar-refractivity contribution in [2.24, 2.45) is 5.92 Å². The zero-order chi connectivity index (χ0) is 14.4. The number of nitrogens with two attached hydrogens (primary N) is 1. The minimum atomic E-state index is 0.449. The molecule has 1 saturated carbocycles. The average Bonchev–Trinajstić information content (AvgIpc) is 2.45. The van der Waals surface area contributed by atoms with E-state index in [1.807, 2.05) is 0 Å². The number of aromatic nitrogens is 2. The van der Waals surface area contributed by atoms with Crippen LogP contribution in [0.5, 0.6) is 5.88 Å². The molecule has 1 aliphatic carbocycles. The van der Waals surface area contributed by atoms with Crippen molar-refractivity contribution in [3.63, 3.8) is 0 Å². The molecule has 20 heavy (non-hydrogen) atoms. The van der Waals surface area contributed by atoms with Crippen LogP contribution in [0.25, 0.3) is 0 Å². The Morgan fingerprint density at radius 2 is 2.15 bits per heavy atom. The first-order valence-corrected chi connectivity index (χ1v) is 7.72. The Labute approximate surface area is 121 Å². The second kappa shape index (κ2) is 7.31. The standard InChI is InChI=1S/C15H26N4O/c1-3-4-9-20-15-13(16)14(17-10-18-15)19-12-8-6-5-7-11(12)2/h10-12H,3-9,16H2,1-2H3,(H,17,18,19). The summed E-state index contributed by atoms with van der Waals surface area (Å²) in [4.78, 5) is 8.39. The smallest absolute Gasteiger partial charge is 0.242 e. The number of rotatable bonds is 6. The first-order chi connectivity index (χ1) is 9.72. The van der Waals surface area contributed by atoms with Gasteiger partial charge in [0, 0.05) is 6.04 Å². The first-order valence-electron chi connectivity index (χ1n) is 7.72. The molecule has 1 heterocycles. The van der Waals surface area contributed by atoms with E-state index >= 15 is 0 Å². The molecule has 2 atom stereocenters. The van der Waals surface area contributed by atoms with E-state index in [-0.39, 0.29) is 0 Å². The Hall–Kier alpha value is -1.52. The molecule has 0 aromatic carbocycles. The van der Waals surface area contributed by atoms with E-state index < -0.39 is 0 Å². The van der Waals surface area contributed by atoms with Crippen LogP contribution in [0.3, 0.4) is 0 Å². The Morgan fingerprint density at radius 3 is 2.90 bits per heavy atom. The number of nitrogens with one attached hydrogen (secondary N) is 1. The molecule has 0 amide bonds. The van der Waals surface area contributed by atoms with Gasteiger partial charge in [-0.2, -0.15) is 4.98 Å². The maximum absolute atomic E-state index is 6.12. The highest BCUT2D eigenvalue weighted by atomic mass is 16.5. The van der Waals surface area contributed by atoms with E-state index in [9.17, 15) is 0 Å². The Bertz CT molecular complexity index is 424. The lowest BCUT2D eigenvalue weighted by atomic mass is 9.86. The summed E-state index contributed by atoms with van der Waals surface area (Å²) in [6.07, 6.45) is 8.66. The zero-order valence-corrected chi connectivity index (χ0v) is 12.6. The molecular formula is C15H26N4O. The molecule has 2 unspecified atom stereocenters. The molecule has 0 aliphatic heterocycles. The van der Waals surface area contributed by atoms with Crippen molar-refractivity contribution in [3.8, 4) is 5.88 Å². The quantitative estimate of drug-likeness (QED) is 0.782. The third-order valence-corrected chi connectivity index (χ3v) is 4.02. The second-order valence-corrected chi connectivity index (χ2v) is 5.66. The van der Waals surface area contributed by atoms with Gasteiger partial charge in [0.05, 0.1) is 6.61 Å². The van der Waals surface area contributed by atoms with Gasteiger partial charge < -0.3 is 15.8 Å². The fourth-order valence-corrected chi connectivity index (χ4v) is 2.63. The van der Waals surface area contributed by atoms with Gasteiger partial charge in [-0.05, 0) is 25.2 Å². The van der Waals surface area contributed by atoms with Crippen LogP contribution in [-0.4, -0.2) is 22.6 Å². The molecule has 5 heteroatoms. The molecule has 0 bridgehead atoms. The Kier molecular flexibility index (Phi) is 5.44. The van der Waals surface area contributed by atoms with Gasteiger partial charge in [0.15, 0.2) is 5.82 Å². The van der Waals surface area contributed by atoms with Crippen LogP contribution in [0, 0.1) is 5.92 Å². The second-order valence-electron chi connectivity index (χ2n) is 5.66. The van der Waals surface area contributed by atoms with Crippen molar-refractivity contribution in [1.29, 1.82) is 0 Å². The lowest BCUT2D eigenvalue weighted by molar-refractivity contribution is 0.299. The van der Waals surface area contributed by atoms with Crippen LogP contribution in [0.2, 0.25) is 0 Å². The summed E-state index contributed by atoms with van der Waals surface area (Å²) >= 11 is 0. The van der Waals surface area contributed by atoms with Crippen molar-refractivity contribution in [2.45, 2.75) is 58.4 Å². The molecule has 0 saturated heterocycles. The minimum absolute atomic E-state index is 0.449. The van der Waals surface area contributed by atoms with Crippen molar-refractivity contribution >= 4 is 11.5 Å². The number of hydrogen-bond acceptors (Lipinski definition) is 5. The summed E-state index contributed by atoms with van der Waals surface area (Å²) in [5.41, 5.74) is 6.64. The number of anilines is 2. The molecule has 1 aromatic rings. The lowest BCUT2D eigenvalue weighted by Gasteiger charge is -2.30. The SMILES string of the molecule is CCCCOc1ncnc(NC2CCCCC2C)c1N. The maximum Gasteiger partial charge on any atom is 0.242 e. The first kappa shape index (κ1) is 14.9. The van der Waals surface area contributed by atoms with Crippen LogP contribution in [0.15, 0.2) is 6.33 Å². The molecule has 1 aromatic heterocycles. The number of nitrogen functional groups attached to an aromatic ring is 1. The lowest BCUT2D eigenvalue weighted by Crippen LogP contribution is -2.31. The van der Waals surface area contributed by atoms with Crippen LogP contribution < -0.4 is 15.8 Å². The van der Waals surface area contributed by atoms with E-state index in [1.165, 1.54) is 32.0 Å². The molecule has 0 spiro atoms. The van der Waals surface area contributed by atoms with Crippen LogP contribution >= 0.6 is 0 Å². The van der Waals surface area contributed by atoms with E-state index in [1.54, 1.807) is 0 Å². The average molecular weight is 278 g/mol. The molecule has 5 nitrogen and oxygen atoms in total. The molecule has 1 aliphatic rings. The Morgan fingerprint density at radius 1 is 1.35 bits per heavy atom. The van der Waals surface area contributed by atoms with E-state index in [4.69, 9.17) is 10.5 Å². The third kappa shape index (κ3) is 3.74. The van der Waals surface area contributed by atoms with Gasteiger partial charge in [0.1, 0.15) is 12.0 Å². The summed E-state index contributed by atoms with van der Waals surface area (Å²) in [5, 5.41) is 3.47. The number of hydrogen-bond donors (Lipinski definition) is 2. The number of unbranched alkanes of at least 4 members (excludes halogenated alkanes) is 1. The van der Waals surface area contributed by atoms with Gasteiger partial charge in [0.2, 0.25) is 5.88 Å². The monoisotopic (exact) mass is 278 g/mol. The summed E-state index contributed by atoms with van der Waals surface area (Å²) in [6, 6.07) is 0.449. The van der Waals surface area contributed by atoms with Crippen molar-refractivity contribution in [3.05, 3.63) is 6.33 Å². The molecule has 112 valence electrons.